The number of hydrogen-bond acceptors (Lipinski definition) is 5. The number of imidazole rings is 1. The number of aryl methyl sites for hydroxylation is 2. The Morgan fingerprint density at radius 2 is 2.15 bits per heavy atom. The summed E-state index contributed by atoms with van der Waals surface area (Å²) < 4.78 is 5.71. The zero-order chi connectivity index (χ0) is 19.0. The van der Waals surface area contributed by atoms with Crippen molar-refractivity contribution in [2.75, 3.05) is 13.1 Å². The zero-order valence-corrected chi connectivity index (χ0v) is 15.9. The first-order valence-electron chi connectivity index (χ1n) is 9.16. The Morgan fingerprint density at radius 3 is 2.85 bits per heavy atom. The lowest BCUT2D eigenvalue weighted by Gasteiger charge is -2.32. The molecule has 0 aliphatic carbocycles. The topological polar surface area (TPSA) is 86.7 Å². The number of carbonyl (C=O) groups excluding carboxylic acids is 1. The van der Waals surface area contributed by atoms with Crippen LogP contribution in [0.5, 0.6) is 0 Å². The number of carbonyl (C=O) groups is 1. The van der Waals surface area contributed by atoms with E-state index in [1.165, 1.54) is 0 Å². The molecule has 9 heteroatoms. The minimum absolute atomic E-state index is 0.0473. The fourth-order valence-electron chi connectivity index (χ4n) is 3.76. The van der Waals surface area contributed by atoms with Crippen LogP contribution in [-0.2, 0) is 20.6 Å². The zero-order valence-electron chi connectivity index (χ0n) is 15.9. The molecule has 0 bridgehead atoms. The molecule has 3 aromatic heterocycles. The Bertz CT molecular complexity index is 939. The molecular weight excluding hydrogens is 344 g/mol. The number of nitrogens with zero attached hydrogens (tertiary/aromatic N) is 8. The van der Waals surface area contributed by atoms with Gasteiger partial charge < -0.3 is 14.0 Å². The van der Waals surface area contributed by atoms with Gasteiger partial charge in [-0.15, -0.1) is 10.2 Å². The second-order valence-corrected chi connectivity index (χ2v) is 7.16. The third-order valence-electron chi connectivity index (χ3n) is 5.20. The molecule has 0 N–H and O–H groups in total. The van der Waals surface area contributed by atoms with Crippen LogP contribution in [0.1, 0.15) is 46.5 Å². The highest BCUT2D eigenvalue weighted by Crippen LogP contribution is 2.27. The van der Waals surface area contributed by atoms with Gasteiger partial charge in [0, 0.05) is 51.7 Å². The molecule has 4 rings (SSSR count). The van der Waals surface area contributed by atoms with Gasteiger partial charge in [-0.25, -0.2) is 4.98 Å². The van der Waals surface area contributed by atoms with Crippen LogP contribution >= 0.6 is 0 Å². The molecule has 1 aliphatic rings. The fourth-order valence-corrected chi connectivity index (χ4v) is 3.76. The van der Waals surface area contributed by atoms with Crippen molar-refractivity contribution < 1.29 is 4.79 Å². The molecule has 0 saturated carbocycles. The quantitative estimate of drug-likeness (QED) is 0.689. The van der Waals surface area contributed by atoms with Crippen molar-refractivity contribution in [2.24, 2.45) is 14.1 Å². The molecule has 1 amide bonds. The SMILES string of the molecule is Cc1nn(C)cc1C(=O)N1CCCC(c2nnc(Cn3ccnc3)n2C)C1. The highest BCUT2D eigenvalue weighted by Gasteiger charge is 2.30. The summed E-state index contributed by atoms with van der Waals surface area (Å²) in [6, 6.07) is 0. The molecule has 27 heavy (non-hydrogen) atoms. The number of hydrogen-bond donors (Lipinski definition) is 0. The third-order valence-corrected chi connectivity index (χ3v) is 5.20. The van der Waals surface area contributed by atoms with Gasteiger partial charge in [-0.3, -0.25) is 9.48 Å². The summed E-state index contributed by atoms with van der Waals surface area (Å²) in [7, 11) is 3.83. The monoisotopic (exact) mass is 368 g/mol. The maximum Gasteiger partial charge on any atom is 0.257 e. The minimum Gasteiger partial charge on any atom is -0.338 e. The van der Waals surface area contributed by atoms with Crippen molar-refractivity contribution >= 4 is 5.91 Å². The van der Waals surface area contributed by atoms with E-state index in [0.29, 0.717) is 18.7 Å². The highest BCUT2D eigenvalue weighted by atomic mass is 16.2. The van der Waals surface area contributed by atoms with E-state index >= 15 is 0 Å². The normalized spacial score (nSPS) is 17.4. The lowest BCUT2D eigenvalue weighted by Crippen LogP contribution is -2.39. The van der Waals surface area contributed by atoms with E-state index in [-0.39, 0.29) is 11.8 Å². The van der Waals surface area contributed by atoms with E-state index in [1.54, 1.807) is 23.4 Å². The van der Waals surface area contributed by atoms with Crippen LogP contribution in [0, 0.1) is 6.92 Å². The maximum atomic E-state index is 12.9. The molecule has 0 radical (unpaired) electrons. The van der Waals surface area contributed by atoms with Crippen LogP contribution in [0.4, 0.5) is 0 Å². The van der Waals surface area contributed by atoms with Crippen molar-refractivity contribution in [1.29, 1.82) is 0 Å². The van der Waals surface area contributed by atoms with E-state index in [1.807, 2.05) is 41.3 Å². The van der Waals surface area contributed by atoms with Crippen LogP contribution in [0.2, 0.25) is 0 Å². The first-order valence-corrected chi connectivity index (χ1v) is 9.16. The molecule has 1 saturated heterocycles. The molecule has 0 aromatic carbocycles. The Kier molecular flexibility index (Phi) is 4.51. The van der Waals surface area contributed by atoms with Crippen molar-refractivity contribution in [3.8, 4) is 0 Å². The summed E-state index contributed by atoms with van der Waals surface area (Å²) in [5.74, 6) is 2.06. The molecule has 9 nitrogen and oxygen atoms in total. The Labute approximate surface area is 157 Å². The van der Waals surface area contributed by atoms with E-state index < -0.39 is 0 Å². The lowest BCUT2D eigenvalue weighted by molar-refractivity contribution is 0.0702. The maximum absolute atomic E-state index is 12.9. The number of likely N-dealkylation sites (tertiary alicyclic amines) is 1. The third kappa shape index (κ3) is 3.36. The summed E-state index contributed by atoms with van der Waals surface area (Å²) in [4.78, 5) is 18.9. The van der Waals surface area contributed by atoms with Crippen molar-refractivity contribution in [2.45, 2.75) is 32.2 Å². The first kappa shape index (κ1) is 17.4. The van der Waals surface area contributed by atoms with Gasteiger partial charge in [-0.1, -0.05) is 0 Å². The second kappa shape index (κ2) is 6.98. The Hall–Kier alpha value is -2.97. The number of amides is 1. The summed E-state index contributed by atoms with van der Waals surface area (Å²) in [6.45, 7) is 3.93. The van der Waals surface area contributed by atoms with Gasteiger partial charge in [-0.2, -0.15) is 5.10 Å². The smallest absolute Gasteiger partial charge is 0.257 e. The van der Waals surface area contributed by atoms with Crippen LogP contribution < -0.4 is 0 Å². The average molecular weight is 368 g/mol. The van der Waals surface area contributed by atoms with Crippen molar-refractivity contribution in [3.05, 3.63) is 47.8 Å². The predicted molar refractivity (Wildman–Crippen MR) is 98.2 cm³/mol. The Morgan fingerprint density at radius 1 is 1.30 bits per heavy atom. The molecule has 1 atom stereocenters. The summed E-state index contributed by atoms with van der Waals surface area (Å²) >= 11 is 0. The standard InChI is InChI=1S/C18H24N8O/c1-13-15(10-23(2)22-13)18(27)26-7-4-5-14(9-26)17-21-20-16(24(17)3)11-25-8-6-19-12-25/h6,8,10,12,14H,4-5,7,9,11H2,1-3H3. The molecule has 1 aliphatic heterocycles. The summed E-state index contributed by atoms with van der Waals surface area (Å²) in [6.07, 6.45) is 9.19. The Balaban J connectivity index is 1.51. The van der Waals surface area contributed by atoms with Crippen molar-refractivity contribution in [1.82, 2.24) is 39.0 Å². The first-order chi connectivity index (χ1) is 13.0. The molecule has 1 fully saturated rings. The highest BCUT2D eigenvalue weighted by molar-refractivity contribution is 5.95. The lowest BCUT2D eigenvalue weighted by atomic mass is 9.96. The van der Waals surface area contributed by atoms with E-state index in [4.69, 9.17) is 0 Å². The van der Waals surface area contributed by atoms with Gasteiger partial charge in [0.15, 0.2) is 5.82 Å². The average Bonchev–Trinajstić information content (AvgIpc) is 3.37. The van der Waals surface area contributed by atoms with Gasteiger partial charge in [-0.05, 0) is 19.8 Å². The number of piperidine rings is 1. The van der Waals surface area contributed by atoms with E-state index in [9.17, 15) is 4.79 Å². The van der Waals surface area contributed by atoms with Gasteiger partial charge in [0.25, 0.3) is 5.91 Å². The minimum atomic E-state index is 0.0473. The van der Waals surface area contributed by atoms with Crippen LogP contribution in [-0.4, -0.2) is 58.0 Å². The van der Waals surface area contributed by atoms with E-state index in [0.717, 1.165) is 36.7 Å². The molecular formula is C18H24N8O. The van der Waals surface area contributed by atoms with Crippen LogP contribution in [0.3, 0.4) is 0 Å². The number of rotatable bonds is 4. The molecule has 3 aromatic rings. The van der Waals surface area contributed by atoms with Crippen LogP contribution in [0.15, 0.2) is 24.9 Å². The molecule has 142 valence electrons. The predicted octanol–water partition coefficient (Wildman–Crippen LogP) is 1.12. The molecule has 0 spiro atoms. The molecule has 1 unspecified atom stereocenters. The van der Waals surface area contributed by atoms with Gasteiger partial charge in [0.1, 0.15) is 5.82 Å². The number of aromatic nitrogens is 7. The van der Waals surface area contributed by atoms with Gasteiger partial charge in [0.2, 0.25) is 0 Å². The molecule has 4 heterocycles. The fraction of sp³-hybridized carbons (Fsp3) is 0.500. The summed E-state index contributed by atoms with van der Waals surface area (Å²) in [5.41, 5.74) is 1.45. The second-order valence-electron chi connectivity index (χ2n) is 7.16. The van der Waals surface area contributed by atoms with Gasteiger partial charge >= 0.3 is 0 Å². The van der Waals surface area contributed by atoms with Crippen LogP contribution in [0.25, 0.3) is 0 Å². The largest absolute Gasteiger partial charge is 0.338 e. The summed E-state index contributed by atoms with van der Waals surface area (Å²) in [5, 5.41) is 13.1. The van der Waals surface area contributed by atoms with E-state index in [2.05, 4.69) is 20.3 Å². The van der Waals surface area contributed by atoms with Gasteiger partial charge in [0.05, 0.1) is 24.1 Å². The van der Waals surface area contributed by atoms with Crippen molar-refractivity contribution in [3.63, 3.8) is 0 Å².